The molecule has 0 aliphatic heterocycles. The number of hydrogen-bond acceptors (Lipinski definition) is 2. The van der Waals surface area contributed by atoms with Crippen molar-refractivity contribution in [1.29, 1.82) is 0 Å². The highest BCUT2D eigenvalue weighted by molar-refractivity contribution is 6.75. The fraction of sp³-hybridized carbons (Fsp3) is 0. The predicted molar refractivity (Wildman–Crippen MR) is 373 cm³/mol. The van der Waals surface area contributed by atoms with Gasteiger partial charge < -0.3 is 9.32 Å². The average molecular weight is 955 g/mol. The maximum atomic E-state index is 7.43. The first-order chi connectivity index (χ1) is 38.0. The van der Waals surface area contributed by atoms with Crippen molar-refractivity contribution in [2.24, 2.45) is 0 Å². The number of hydrogen-bond donors (Lipinski definition) is 0. The van der Waals surface area contributed by atoms with Crippen LogP contribution in [0, 0.1) is 0 Å². The van der Waals surface area contributed by atoms with Gasteiger partial charge >= 0.3 is 0 Å². The van der Waals surface area contributed by atoms with Gasteiger partial charge in [-0.3, -0.25) is 0 Å². The lowest BCUT2D eigenvalue weighted by Gasteiger charge is -2.35. The molecule has 0 bridgehead atoms. The Morgan fingerprint density at radius 3 is 1.25 bits per heavy atom. The molecule has 0 fully saturated rings. The fourth-order valence-electron chi connectivity index (χ4n) is 10.7. The summed E-state index contributed by atoms with van der Waals surface area (Å²) in [5, 5.41) is 0.735. The van der Waals surface area contributed by atoms with E-state index in [0.29, 0.717) is 5.56 Å². The Morgan fingerprint density at radius 1 is 0.247 bits per heavy atom. The molecular formula is C52H8B27NO. The molecule has 0 aliphatic carbocycles. The zero-order valence-corrected chi connectivity index (χ0v) is 43.1. The van der Waals surface area contributed by atoms with Gasteiger partial charge in [0, 0.05) is 39.0 Å². The normalized spacial score (nSPS) is 11.6. The van der Waals surface area contributed by atoms with Crippen molar-refractivity contribution >= 4 is 409 Å². The van der Waals surface area contributed by atoms with Gasteiger partial charge in [-0.2, -0.15) is 0 Å². The minimum Gasteiger partial charge on any atom is -0.456 e. The summed E-state index contributed by atoms with van der Waals surface area (Å²) < 4.78 is 6.78. The van der Waals surface area contributed by atoms with Gasteiger partial charge in [0.2, 0.25) is 0 Å². The number of furan rings is 1. The van der Waals surface area contributed by atoms with Crippen molar-refractivity contribution in [2.45, 2.75) is 0 Å². The number of fused-ring (bicyclic) bond motifs is 4. The van der Waals surface area contributed by atoms with Gasteiger partial charge in [-0.1, -0.05) is 106 Å². The smallest absolute Gasteiger partial charge is 0.141 e. The summed E-state index contributed by atoms with van der Waals surface area (Å²) >= 11 is 0. The van der Waals surface area contributed by atoms with E-state index < -0.39 is 0 Å². The van der Waals surface area contributed by atoms with Crippen LogP contribution < -0.4 is 152 Å². The Labute approximate surface area is 507 Å². The largest absolute Gasteiger partial charge is 0.456 e. The predicted octanol–water partition coefficient (Wildman–Crippen LogP) is -17.7. The second kappa shape index (κ2) is 21.0. The van der Waals surface area contributed by atoms with Crippen molar-refractivity contribution < 1.29 is 4.42 Å². The van der Waals surface area contributed by atoms with E-state index in [4.69, 9.17) is 216 Å². The van der Waals surface area contributed by atoms with Crippen LogP contribution >= 0.6 is 0 Å². The highest BCUT2D eigenvalue weighted by Crippen LogP contribution is 2.41. The van der Waals surface area contributed by atoms with Crippen LogP contribution in [0.4, 0.5) is 17.1 Å². The first kappa shape index (κ1) is 58.8. The van der Waals surface area contributed by atoms with Crippen molar-refractivity contribution in [3.63, 3.8) is 0 Å². The number of nitrogens with zero attached hydrogens (tertiary/aromatic N) is 1. The third-order valence-corrected chi connectivity index (χ3v) is 15.1. The van der Waals surface area contributed by atoms with Gasteiger partial charge in [0.05, 0.1) is 0 Å². The number of benzene rings is 9. The van der Waals surface area contributed by atoms with Gasteiger partial charge in [0.15, 0.2) is 0 Å². The molecule has 9 aromatic carbocycles. The molecule has 0 unspecified atom stereocenters. The van der Waals surface area contributed by atoms with E-state index in [9.17, 15) is 0 Å². The number of anilines is 3. The quantitative estimate of drug-likeness (QED) is 0.148. The van der Waals surface area contributed by atoms with Crippen LogP contribution in [-0.4, -0.2) is 212 Å². The topological polar surface area (TPSA) is 16.4 Å². The highest BCUT2D eigenvalue weighted by Gasteiger charge is 2.30. The zero-order valence-electron chi connectivity index (χ0n) is 43.1. The maximum absolute atomic E-state index is 7.43. The Bertz CT molecular complexity index is 4450. The van der Waals surface area contributed by atoms with Gasteiger partial charge in [0.1, 0.15) is 223 Å². The summed E-state index contributed by atoms with van der Waals surface area (Å²) in [5.74, 6) is 0. The molecule has 1 aromatic heterocycles. The molecule has 29 heteroatoms. The molecule has 10 aromatic rings. The molecule has 10 rings (SSSR count). The van der Waals surface area contributed by atoms with Gasteiger partial charge in [-0.15, -0.1) is 60.1 Å². The molecule has 54 radical (unpaired) electrons. The fourth-order valence-corrected chi connectivity index (χ4v) is 10.7. The third-order valence-electron chi connectivity index (χ3n) is 15.1. The molecule has 0 spiro atoms. The monoisotopic (exact) mass is 959 g/mol. The van der Waals surface area contributed by atoms with Crippen LogP contribution in [0.3, 0.4) is 0 Å². The zero-order chi connectivity index (χ0) is 59.3. The van der Waals surface area contributed by atoms with E-state index in [1.165, 1.54) is 6.07 Å². The Morgan fingerprint density at radius 2 is 0.704 bits per heavy atom. The SMILES string of the molecule is [B]c1cc(N(c2cc([B])c3c(oc4c(-c5c([B])c([B])c([B])c([B])c5[B])c([B])c([B])c([B])c43)c2[B])c2c(-c3cccc([B])c3[B])cc(-c3c([B])c([B])c([B])c([B])c3[B])c([B])c2[B])ccc1-c1c([B])c([B])c([B])c2c([B])c([B])c([B])c([B])c12. The lowest BCUT2D eigenvalue weighted by atomic mass is 9.58. The molecule has 0 aliphatic rings. The Kier molecular flexibility index (Phi) is 15.3. The van der Waals surface area contributed by atoms with E-state index in [1.54, 1.807) is 47.4 Å². The van der Waals surface area contributed by atoms with Crippen molar-refractivity contribution in [3.05, 3.63) is 48.5 Å². The van der Waals surface area contributed by atoms with Crippen LogP contribution in [0.2, 0.25) is 0 Å². The number of rotatable bonds is 7. The summed E-state index contributed by atoms with van der Waals surface area (Å²) in [6, 6.07) is 12.9. The molecule has 0 atom stereocenters. The van der Waals surface area contributed by atoms with E-state index in [2.05, 4.69) is 0 Å². The van der Waals surface area contributed by atoms with Gasteiger partial charge in [0.25, 0.3) is 0 Å². The summed E-state index contributed by atoms with van der Waals surface area (Å²) in [6.45, 7) is 0. The van der Waals surface area contributed by atoms with Crippen LogP contribution in [-0.2, 0) is 0 Å². The molecule has 0 saturated heterocycles. The Balaban J connectivity index is 1.37. The van der Waals surface area contributed by atoms with E-state index in [-0.39, 0.29) is 236 Å². The van der Waals surface area contributed by atoms with Gasteiger partial charge in [-0.05, 0) is 73.9 Å². The highest BCUT2D eigenvalue weighted by atomic mass is 16.3. The molecule has 0 saturated carbocycles. The van der Waals surface area contributed by atoms with Crippen molar-refractivity contribution in [3.8, 4) is 44.5 Å². The second-order valence-electron chi connectivity index (χ2n) is 19.5. The molecule has 0 N–H and O–H groups in total. The molecule has 2 nitrogen and oxygen atoms in total. The summed E-state index contributed by atoms with van der Waals surface area (Å²) in [5.41, 5.74) is 0.433. The van der Waals surface area contributed by atoms with Crippen LogP contribution in [0.1, 0.15) is 0 Å². The summed E-state index contributed by atoms with van der Waals surface area (Å²) in [4.78, 5) is 1.58. The van der Waals surface area contributed by atoms with E-state index in [0.717, 1.165) is 0 Å². The summed E-state index contributed by atoms with van der Waals surface area (Å²) in [6.07, 6.45) is 0. The lowest BCUT2D eigenvalue weighted by Crippen LogP contribution is -2.56. The van der Waals surface area contributed by atoms with Crippen LogP contribution in [0.25, 0.3) is 77.2 Å². The molecule has 1 heterocycles. The molecular weight excluding hydrogens is 947 g/mol. The second-order valence-corrected chi connectivity index (χ2v) is 19.5. The third kappa shape index (κ3) is 8.62. The van der Waals surface area contributed by atoms with E-state index >= 15 is 0 Å². The average Bonchev–Trinajstić information content (AvgIpc) is 4.07. The van der Waals surface area contributed by atoms with Crippen LogP contribution in [0.5, 0.6) is 0 Å². The van der Waals surface area contributed by atoms with Crippen molar-refractivity contribution in [2.75, 3.05) is 4.90 Å². The minimum atomic E-state index is -0.142. The lowest BCUT2D eigenvalue weighted by molar-refractivity contribution is 0.673. The molecule has 0 amide bonds. The first-order valence-corrected chi connectivity index (χ1v) is 24.0. The standard InChI is InChI=1S/C52H8B27NO/c53-14-3-1-2-10(26(14)56)12-7-13(19-30(60)41(71)47(77)42(72)31(19)61)27(57)49(79)50(12)80(9-4-5-11(15(54)6-9)18-21-22(33(63)39(69)29(18)59)34(64)44(74)43(73)32(21)62)17-8-16(55)20-24-37(67)40(70)38(68)25(51(24)81-52(20)28(17)58)23-35(65)45(75)48(78)46(76)36(23)66/h1-8H. The van der Waals surface area contributed by atoms with Crippen LogP contribution in [0.15, 0.2) is 52.9 Å². The minimum absolute atomic E-state index is 0.00260. The molecule has 308 valence electrons. The Hall–Kier alpha value is -5.41. The summed E-state index contributed by atoms with van der Waals surface area (Å²) in [7, 11) is 180. The first-order valence-electron chi connectivity index (χ1n) is 24.0. The maximum Gasteiger partial charge on any atom is 0.141 e. The van der Waals surface area contributed by atoms with E-state index in [1.807, 2.05) is 0 Å². The van der Waals surface area contributed by atoms with Gasteiger partial charge in [-0.25, -0.2) is 0 Å². The molecule has 81 heavy (non-hydrogen) atoms. The van der Waals surface area contributed by atoms with Crippen molar-refractivity contribution in [1.82, 2.24) is 0 Å².